The summed E-state index contributed by atoms with van der Waals surface area (Å²) in [6, 6.07) is 16.4. The van der Waals surface area contributed by atoms with E-state index in [1.165, 1.54) is 0 Å². The molecule has 0 atom stereocenters. The zero-order valence-corrected chi connectivity index (χ0v) is 15.2. The van der Waals surface area contributed by atoms with Crippen LogP contribution in [0.1, 0.15) is 29.8 Å². The summed E-state index contributed by atoms with van der Waals surface area (Å²) < 4.78 is 5.14. The third-order valence-electron chi connectivity index (χ3n) is 4.39. The zero-order valence-electron chi connectivity index (χ0n) is 15.2. The Bertz CT molecular complexity index is 974. The number of hydrogen-bond acceptors (Lipinski definition) is 3. The summed E-state index contributed by atoms with van der Waals surface area (Å²) in [4.78, 5) is 29.9. The number of ether oxygens (including phenoxy) is 1. The van der Waals surface area contributed by atoms with Crippen LogP contribution >= 0.6 is 0 Å². The predicted octanol–water partition coefficient (Wildman–Crippen LogP) is 3.59. The van der Waals surface area contributed by atoms with Gasteiger partial charge in [-0.15, -0.1) is 0 Å². The molecule has 3 rings (SSSR count). The number of amides is 1. The molecule has 1 N–H and O–H groups in total. The van der Waals surface area contributed by atoms with Crippen molar-refractivity contribution in [2.24, 2.45) is 0 Å². The minimum absolute atomic E-state index is 0.0459. The van der Waals surface area contributed by atoms with E-state index >= 15 is 0 Å². The monoisotopic (exact) mass is 350 g/mol. The number of H-pyrrole nitrogens is 1. The van der Waals surface area contributed by atoms with E-state index in [9.17, 15) is 9.59 Å². The van der Waals surface area contributed by atoms with Gasteiger partial charge in [0.15, 0.2) is 0 Å². The van der Waals surface area contributed by atoms with Crippen LogP contribution in [-0.2, 0) is 6.54 Å². The van der Waals surface area contributed by atoms with Gasteiger partial charge in [-0.2, -0.15) is 0 Å². The second kappa shape index (κ2) is 7.44. The molecule has 0 aliphatic carbocycles. The number of aromatic amines is 1. The number of rotatable bonds is 5. The molecule has 2 aromatic carbocycles. The standard InChI is InChI=1S/C21H22N2O3/c1-14(2)23(21(25)15-8-10-18(26-3)11-9-15)13-17-12-16-6-4-5-7-19(16)22-20(17)24/h4-12,14H,13H2,1-3H3,(H,22,24). The van der Waals surface area contributed by atoms with Crippen LogP contribution in [0.3, 0.4) is 0 Å². The topological polar surface area (TPSA) is 62.4 Å². The lowest BCUT2D eigenvalue weighted by atomic mass is 10.1. The molecule has 0 unspecified atom stereocenters. The molecule has 0 aliphatic heterocycles. The van der Waals surface area contributed by atoms with E-state index in [-0.39, 0.29) is 24.1 Å². The highest BCUT2D eigenvalue weighted by atomic mass is 16.5. The summed E-state index contributed by atoms with van der Waals surface area (Å²) in [5.74, 6) is 0.582. The van der Waals surface area contributed by atoms with Gasteiger partial charge in [-0.25, -0.2) is 0 Å². The van der Waals surface area contributed by atoms with Crippen molar-refractivity contribution >= 4 is 16.8 Å². The number of fused-ring (bicyclic) bond motifs is 1. The smallest absolute Gasteiger partial charge is 0.254 e. The van der Waals surface area contributed by atoms with Crippen LogP contribution in [0.25, 0.3) is 10.9 Å². The number of hydrogen-bond donors (Lipinski definition) is 1. The number of nitrogens with one attached hydrogen (secondary N) is 1. The van der Waals surface area contributed by atoms with Crippen LogP contribution in [0.15, 0.2) is 59.4 Å². The Labute approximate surface area is 152 Å². The van der Waals surface area contributed by atoms with Gasteiger partial charge in [0.25, 0.3) is 11.5 Å². The van der Waals surface area contributed by atoms with Crippen molar-refractivity contribution in [3.63, 3.8) is 0 Å². The lowest BCUT2D eigenvalue weighted by molar-refractivity contribution is 0.0689. The Hall–Kier alpha value is -3.08. The highest BCUT2D eigenvalue weighted by molar-refractivity contribution is 5.94. The van der Waals surface area contributed by atoms with Crippen LogP contribution in [0.2, 0.25) is 0 Å². The van der Waals surface area contributed by atoms with Crippen LogP contribution in [-0.4, -0.2) is 28.9 Å². The van der Waals surface area contributed by atoms with Gasteiger partial charge in [-0.3, -0.25) is 9.59 Å². The van der Waals surface area contributed by atoms with Crippen molar-refractivity contribution in [2.75, 3.05) is 7.11 Å². The summed E-state index contributed by atoms with van der Waals surface area (Å²) >= 11 is 0. The highest BCUT2D eigenvalue weighted by Crippen LogP contribution is 2.17. The fraction of sp³-hybridized carbons (Fsp3) is 0.238. The van der Waals surface area contributed by atoms with Gasteiger partial charge in [-0.1, -0.05) is 18.2 Å². The molecule has 0 spiro atoms. The van der Waals surface area contributed by atoms with Crippen molar-refractivity contribution in [1.82, 2.24) is 9.88 Å². The van der Waals surface area contributed by atoms with Crippen LogP contribution in [0, 0.1) is 0 Å². The fourth-order valence-corrected chi connectivity index (χ4v) is 2.88. The average molecular weight is 350 g/mol. The van der Waals surface area contributed by atoms with E-state index in [4.69, 9.17) is 4.74 Å². The molecule has 0 fully saturated rings. The van der Waals surface area contributed by atoms with E-state index in [1.807, 2.05) is 44.2 Å². The molecule has 5 heteroatoms. The first-order chi connectivity index (χ1) is 12.5. The first-order valence-electron chi connectivity index (χ1n) is 8.55. The maximum Gasteiger partial charge on any atom is 0.254 e. The van der Waals surface area contributed by atoms with Crippen molar-refractivity contribution < 1.29 is 9.53 Å². The number of nitrogens with zero attached hydrogens (tertiary/aromatic N) is 1. The van der Waals surface area contributed by atoms with Gasteiger partial charge in [0.1, 0.15) is 5.75 Å². The second-order valence-corrected chi connectivity index (χ2v) is 6.47. The summed E-state index contributed by atoms with van der Waals surface area (Å²) in [5, 5.41) is 0.947. The van der Waals surface area contributed by atoms with Crippen LogP contribution < -0.4 is 10.3 Å². The first-order valence-corrected chi connectivity index (χ1v) is 8.55. The predicted molar refractivity (Wildman–Crippen MR) is 103 cm³/mol. The lowest BCUT2D eigenvalue weighted by Crippen LogP contribution is -2.38. The molecule has 0 aliphatic rings. The van der Waals surface area contributed by atoms with E-state index in [2.05, 4.69) is 4.98 Å². The summed E-state index contributed by atoms with van der Waals surface area (Å²) in [6.07, 6.45) is 0. The Balaban J connectivity index is 1.92. The molecule has 26 heavy (non-hydrogen) atoms. The van der Waals surface area contributed by atoms with Gasteiger partial charge in [0.2, 0.25) is 0 Å². The molecule has 0 saturated heterocycles. The van der Waals surface area contributed by atoms with E-state index < -0.39 is 0 Å². The molecule has 5 nitrogen and oxygen atoms in total. The Kier molecular flexibility index (Phi) is 5.07. The van der Waals surface area contributed by atoms with E-state index in [0.29, 0.717) is 16.9 Å². The van der Waals surface area contributed by atoms with E-state index in [0.717, 1.165) is 10.9 Å². The van der Waals surface area contributed by atoms with Gasteiger partial charge < -0.3 is 14.6 Å². The molecule has 0 bridgehead atoms. The number of methoxy groups -OCH3 is 1. The summed E-state index contributed by atoms with van der Waals surface area (Å²) in [6.45, 7) is 4.13. The Morgan fingerprint density at radius 2 is 1.81 bits per heavy atom. The lowest BCUT2D eigenvalue weighted by Gasteiger charge is -2.27. The quantitative estimate of drug-likeness (QED) is 0.765. The van der Waals surface area contributed by atoms with Crippen LogP contribution in [0.5, 0.6) is 5.75 Å². The van der Waals surface area contributed by atoms with Gasteiger partial charge in [-0.05, 0) is 55.6 Å². The minimum atomic E-state index is -0.170. The third-order valence-corrected chi connectivity index (χ3v) is 4.39. The second-order valence-electron chi connectivity index (χ2n) is 6.47. The van der Waals surface area contributed by atoms with Crippen molar-refractivity contribution in [3.8, 4) is 5.75 Å². The number of pyridine rings is 1. The minimum Gasteiger partial charge on any atom is -0.497 e. The van der Waals surface area contributed by atoms with Crippen LogP contribution in [0.4, 0.5) is 0 Å². The first kappa shape index (κ1) is 17.7. The van der Waals surface area contributed by atoms with Gasteiger partial charge in [0, 0.05) is 22.7 Å². The number of benzene rings is 2. The van der Waals surface area contributed by atoms with Gasteiger partial charge >= 0.3 is 0 Å². The molecule has 0 radical (unpaired) electrons. The number of carbonyl (C=O) groups excluding carboxylic acids is 1. The molecular formula is C21H22N2O3. The largest absolute Gasteiger partial charge is 0.497 e. The summed E-state index contributed by atoms with van der Waals surface area (Å²) in [7, 11) is 1.59. The Morgan fingerprint density at radius 3 is 2.46 bits per heavy atom. The normalized spacial score (nSPS) is 10.9. The number of aromatic nitrogens is 1. The number of carbonyl (C=O) groups is 1. The molecule has 3 aromatic rings. The molecule has 1 heterocycles. The van der Waals surface area contributed by atoms with Crippen molar-refractivity contribution in [3.05, 3.63) is 76.1 Å². The third kappa shape index (κ3) is 3.61. The highest BCUT2D eigenvalue weighted by Gasteiger charge is 2.20. The number of para-hydroxylation sites is 1. The average Bonchev–Trinajstić information content (AvgIpc) is 2.65. The summed E-state index contributed by atoms with van der Waals surface area (Å²) in [5.41, 5.74) is 1.76. The molecule has 1 aromatic heterocycles. The molecular weight excluding hydrogens is 328 g/mol. The van der Waals surface area contributed by atoms with Crippen molar-refractivity contribution in [1.29, 1.82) is 0 Å². The SMILES string of the molecule is COc1ccc(C(=O)N(Cc2cc3ccccc3[nH]c2=O)C(C)C)cc1. The fourth-order valence-electron chi connectivity index (χ4n) is 2.88. The Morgan fingerprint density at radius 1 is 1.12 bits per heavy atom. The maximum atomic E-state index is 12.9. The zero-order chi connectivity index (χ0) is 18.7. The molecule has 0 saturated carbocycles. The van der Waals surface area contributed by atoms with Gasteiger partial charge in [0.05, 0.1) is 13.7 Å². The molecule has 1 amide bonds. The van der Waals surface area contributed by atoms with E-state index in [1.54, 1.807) is 36.3 Å². The van der Waals surface area contributed by atoms with Crippen molar-refractivity contribution in [2.45, 2.75) is 26.4 Å². The maximum absolute atomic E-state index is 12.9. The molecule has 134 valence electrons.